The van der Waals surface area contributed by atoms with Crippen LogP contribution in [-0.2, 0) is 11.3 Å². The molecule has 0 saturated heterocycles. The van der Waals surface area contributed by atoms with Crippen LogP contribution in [0.2, 0.25) is 0 Å². The molecule has 0 fully saturated rings. The minimum atomic E-state index is -0.0168. The van der Waals surface area contributed by atoms with E-state index in [9.17, 15) is 4.79 Å². The lowest BCUT2D eigenvalue weighted by Gasteiger charge is -2.09. The first-order chi connectivity index (χ1) is 9.69. The smallest absolute Gasteiger partial charge is 0.226 e. The number of rotatable bonds is 6. The fourth-order valence-electron chi connectivity index (χ4n) is 1.77. The van der Waals surface area contributed by atoms with Crippen molar-refractivity contribution >= 4 is 27.7 Å². The van der Waals surface area contributed by atoms with Crippen LogP contribution in [0.1, 0.15) is 12.0 Å². The van der Waals surface area contributed by atoms with Crippen LogP contribution >= 0.6 is 15.9 Å². The van der Waals surface area contributed by atoms with E-state index in [2.05, 4.69) is 31.7 Å². The number of nitrogens with zero attached hydrogens (tertiary/aromatic N) is 2. The van der Waals surface area contributed by atoms with Crippen LogP contribution < -0.4 is 10.6 Å². The van der Waals surface area contributed by atoms with E-state index in [-0.39, 0.29) is 5.91 Å². The lowest BCUT2D eigenvalue weighted by atomic mass is 10.2. The lowest BCUT2D eigenvalue weighted by Crippen LogP contribution is -2.20. The van der Waals surface area contributed by atoms with Gasteiger partial charge in [-0.2, -0.15) is 5.10 Å². The number of aromatic nitrogens is 2. The lowest BCUT2D eigenvalue weighted by molar-refractivity contribution is -0.116. The number of carbonyl (C=O) groups excluding carboxylic acids is 1. The molecule has 6 heteroatoms. The predicted octanol–water partition coefficient (Wildman–Crippen LogP) is 2.24. The number of hydrogen-bond donors (Lipinski definition) is 2. The summed E-state index contributed by atoms with van der Waals surface area (Å²) in [5.74, 6) is 0.700. The van der Waals surface area contributed by atoms with Crippen LogP contribution in [-0.4, -0.2) is 29.3 Å². The van der Waals surface area contributed by atoms with Gasteiger partial charge in [-0.3, -0.25) is 4.79 Å². The Hall–Kier alpha value is -1.66. The van der Waals surface area contributed by atoms with Gasteiger partial charge in [0.15, 0.2) is 0 Å². The Labute approximate surface area is 126 Å². The molecular weight excluding hydrogens is 320 g/mol. The molecule has 1 aromatic heterocycles. The van der Waals surface area contributed by atoms with Crippen LogP contribution in [0.3, 0.4) is 0 Å². The molecule has 0 radical (unpaired) electrons. The first-order valence-corrected chi connectivity index (χ1v) is 7.19. The molecule has 0 bridgehead atoms. The fourth-order valence-corrected chi connectivity index (χ4v) is 2.04. The molecule has 0 aliphatic rings. The van der Waals surface area contributed by atoms with Crippen molar-refractivity contribution in [3.05, 3.63) is 46.6 Å². The highest BCUT2D eigenvalue weighted by Crippen LogP contribution is 2.14. The van der Waals surface area contributed by atoms with Gasteiger partial charge in [0, 0.05) is 23.5 Å². The van der Waals surface area contributed by atoms with Crippen LogP contribution in [0.15, 0.2) is 41.0 Å². The van der Waals surface area contributed by atoms with E-state index in [4.69, 9.17) is 0 Å². The summed E-state index contributed by atoms with van der Waals surface area (Å²) in [6.07, 6.45) is 2.13. The number of amides is 1. The van der Waals surface area contributed by atoms with E-state index in [1.165, 1.54) is 0 Å². The maximum Gasteiger partial charge on any atom is 0.226 e. The van der Waals surface area contributed by atoms with Crippen LogP contribution in [0.25, 0.3) is 0 Å². The topological polar surface area (TPSA) is 59.0 Å². The van der Waals surface area contributed by atoms with Crippen molar-refractivity contribution in [3.8, 4) is 0 Å². The van der Waals surface area contributed by atoms with Crippen molar-refractivity contribution in [1.82, 2.24) is 15.1 Å². The van der Waals surface area contributed by atoms with Gasteiger partial charge in [0.05, 0.1) is 12.7 Å². The third kappa shape index (κ3) is 4.18. The third-order valence-electron chi connectivity index (χ3n) is 2.83. The van der Waals surface area contributed by atoms with Gasteiger partial charge >= 0.3 is 0 Å². The number of hydrogen-bond acceptors (Lipinski definition) is 3. The molecule has 2 rings (SSSR count). The van der Waals surface area contributed by atoms with Crippen LogP contribution in [0.5, 0.6) is 0 Å². The monoisotopic (exact) mass is 336 g/mol. The maximum atomic E-state index is 11.7. The second-order valence-electron chi connectivity index (χ2n) is 4.40. The molecule has 0 atom stereocenters. The highest BCUT2D eigenvalue weighted by Gasteiger charge is 2.07. The largest absolute Gasteiger partial charge is 0.319 e. The normalized spacial score (nSPS) is 10.5. The highest BCUT2D eigenvalue weighted by atomic mass is 79.9. The van der Waals surface area contributed by atoms with E-state index in [1.807, 2.05) is 31.3 Å². The molecule has 5 nitrogen and oxygen atoms in total. The summed E-state index contributed by atoms with van der Waals surface area (Å²) in [6.45, 7) is 1.29. The summed E-state index contributed by atoms with van der Waals surface area (Å²) < 4.78 is 2.82. The van der Waals surface area contributed by atoms with Gasteiger partial charge in [-0.1, -0.05) is 28.1 Å². The molecule has 0 unspecified atom stereocenters. The van der Waals surface area contributed by atoms with E-state index in [1.54, 1.807) is 16.9 Å². The Balaban J connectivity index is 2.01. The quantitative estimate of drug-likeness (QED) is 0.850. The summed E-state index contributed by atoms with van der Waals surface area (Å²) >= 11 is 3.41. The molecule has 1 heterocycles. The zero-order valence-corrected chi connectivity index (χ0v) is 12.9. The summed E-state index contributed by atoms with van der Waals surface area (Å²) in [5, 5.41) is 10.1. The molecule has 1 aromatic carbocycles. The summed E-state index contributed by atoms with van der Waals surface area (Å²) in [6, 6.07) is 9.83. The fraction of sp³-hybridized carbons (Fsp3) is 0.286. The zero-order valence-electron chi connectivity index (χ0n) is 11.3. The predicted molar refractivity (Wildman–Crippen MR) is 82.6 cm³/mol. The highest BCUT2D eigenvalue weighted by molar-refractivity contribution is 9.10. The summed E-state index contributed by atoms with van der Waals surface area (Å²) in [7, 11) is 1.82. The van der Waals surface area contributed by atoms with E-state index in [0.717, 1.165) is 10.0 Å². The average Bonchev–Trinajstić information content (AvgIpc) is 2.86. The molecule has 0 aliphatic heterocycles. The van der Waals surface area contributed by atoms with Gasteiger partial charge < -0.3 is 10.6 Å². The van der Waals surface area contributed by atoms with Crippen molar-refractivity contribution in [3.63, 3.8) is 0 Å². The molecule has 1 amide bonds. The van der Waals surface area contributed by atoms with Crippen molar-refractivity contribution < 1.29 is 4.79 Å². The molecule has 0 aliphatic carbocycles. The number of carbonyl (C=O) groups is 1. The van der Waals surface area contributed by atoms with Gasteiger partial charge in [0.2, 0.25) is 5.91 Å². The van der Waals surface area contributed by atoms with Crippen molar-refractivity contribution in [2.75, 3.05) is 18.9 Å². The van der Waals surface area contributed by atoms with Gasteiger partial charge in [-0.05, 0) is 24.7 Å². The van der Waals surface area contributed by atoms with Crippen molar-refractivity contribution in [1.29, 1.82) is 0 Å². The molecule has 2 N–H and O–H groups in total. The first-order valence-electron chi connectivity index (χ1n) is 6.40. The summed E-state index contributed by atoms with van der Waals surface area (Å²) in [4.78, 5) is 11.7. The van der Waals surface area contributed by atoms with Crippen molar-refractivity contribution in [2.24, 2.45) is 0 Å². The second kappa shape index (κ2) is 7.21. The maximum absolute atomic E-state index is 11.7. The van der Waals surface area contributed by atoms with Gasteiger partial charge in [-0.15, -0.1) is 0 Å². The van der Waals surface area contributed by atoms with Gasteiger partial charge in [-0.25, -0.2) is 4.68 Å². The number of benzene rings is 1. The molecule has 20 heavy (non-hydrogen) atoms. The van der Waals surface area contributed by atoms with Crippen molar-refractivity contribution in [2.45, 2.75) is 13.0 Å². The number of nitrogens with one attached hydrogen (secondary N) is 2. The minimum Gasteiger partial charge on any atom is -0.319 e. The summed E-state index contributed by atoms with van der Waals surface area (Å²) in [5.41, 5.74) is 1.13. The Morgan fingerprint density at radius 2 is 2.05 bits per heavy atom. The van der Waals surface area contributed by atoms with E-state index < -0.39 is 0 Å². The minimum absolute atomic E-state index is 0.0168. The molecular formula is C14H17BrN4O. The Morgan fingerprint density at radius 3 is 2.75 bits per heavy atom. The molecule has 0 spiro atoms. The molecule has 2 aromatic rings. The SMILES string of the molecule is CNCCC(=O)Nc1ccnn1Cc1ccc(Br)cc1. The number of anilines is 1. The van der Waals surface area contributed by atoms with Gasteiger partial charge in [0.25, 0.3) is 0 Å². The number of halogens is 1. The first kappa shape index (κ1) is 14.7. The van der Waals surface area contributed by atoms with E-state index >= 15 is 0 Å². The van der Waals surface area contributed by atoms with Crippen LogP contribution in [0, 0.1) is 0 Å². The molecule has 0 saturated carbocycles. The second-order valence-corrected chi connectivity index (χ2v) is 5.32. The standard InChI is InChI=1S/C14H17BrN4O/c1-16-8-7-14(20)18-13-6-9-17-19(13)10-11-2-4-12(15)5-3-11/h2-6,9,16H,7-8,10H2,1H3,(H,18,20). The third-order valence-corrected chi connectivity index (χ3v) is 3.36. The van der Waals surface area contributed by atoms with E-state index in [0.29, 0.717) is 25.3 Å². The Bertz CT molecular complexity index is 565. The van der Waals surface area contributed by atoms with Crippen LogP contribution in [0.4, 0.5) is 5.82 Å². The Morgan fingerprint density at radius 1 is 1.30 bits per heavy atom. The molecule has 106 valence electrons. The Kier molecular flexibility index (Phi) is 5.31. The average molecular weight is 337 g/mol. The van der Waals surface area contributed by atoms with Gasteiger partial charge in [0.1, 0.15) is 5.82 Å². The zero-order chi connectivity index (χ0) is 14.4.